The van der Waals surface area contributed by atoms with E-state index in [0.717, 1.165) is 17.8 Å². The minimum Gasteiger partial charge on any atom is -0.376 e. The molecule has 0 bridgehead atoms. The molecular formula is C27H30N4O3. The molecule has 0 saturated carbocycles. The molecule has 0 saturated heterocycles. The van der Waals surface area contributed by atoms with Crippen molar-refractivity contribution >= 4 is 40.5 Å². The normalized spacial score (nSPS) is 10.3. The van der Waals surface area contributed by atoms with Gasteiger partial charge in [-0.15, -0.1) is 0 Å². The Morgan fingerprint density at radius 1 is 0.735 bits per heavy atom. The maximum Gasteiger partial charge on any atom is 0.258 e. The Kier molecular flexibility index (Phi) is 8.80. The molecule has 0 unspecified atom stereocenters. The van der Waals surface area contributed by atoms with E-state index in [9.17, 15) is 14.4 Å². The highest BCUT2D eigenvalue weighted by Crippen LogP contribution is 2.19. The van der Waals surface area contributed by atoms with Gasteiger partial charge in [0.2, 0.25) is 11.8 Å². The summed E-state index contributed by atoms with van der Waals surface area (Å²) in [6, 6.07) is 23.6. The van der Waals surface area contributed by atoms with E-state index in [2.05, 4.69) is 16.0 Å². The predicted octanol–water partition coefficient (Wildman–Crippen LogP) is 5.14. The molecule has 0 aromatic heterocycles. The van der Waals surface area contributed by atoms with Crippen molar-refractivity contribution in [2.24, 2.45) is 0 Å². The second kappa shape index (κ2) is 12.2. The molecule has 3 N–H and O–H groups in total. The molecule has 0 fully saturated rings. The van der Waals surface area contributed by atoms with Gasteiger partial charge in [-0.1, -0.05) is 31.2 Å². The first kappa shape index (κ1) is 24.5. The van der Waals surface area contributed by atoms with Crippen LogP contribution in [0.4, 0.5) is 22.7 Å². The molecule has 3 aromatic rings. The van der Waals surface area contributed by atoms with Crippen molar-refractivity contribution in [2.75, 3.05) is 33.9 Å². The molecule has 0 radical (unpaired) electrons. The van der Waals surface area contributed by atoms with Crippen LogP contribution < -0.4 is 20.9 Å². The minimum atomic E-state index is -0.224. The Bertz CT molecular complexity index is 1110. The van der Waals surface area contributed by atoms with E-state index >= 15 is 0 Å². The van der Waals surface area contributed by atoms with Crippen molar-refractivity contribution in [1.82, 2.24) is 0 Å². The summed E-state index contributed by atoms with van der Waals surface area (Å²) in [5, 5.41) is 8.69. The summed E-state index contributed by atoms with van der Waals surface area (Å²) in [7, 11) is 0. The zero-order valence-electron chi connectivity index (χ0n) is 19.5. The Labute approximate surface area is 200 Å². The van der Waals surface area contributed by atoms with Crippen molar-refractivity contribution in [3.8, 4) is 0 Å². The summed E-state index contributed by atoms with van der Waals surface area (Å²) >= 11 is 0. The second-order valence-corrected chi connectivity index (χ2v) is 7.74. The lowest BCUT2D eigenvalue weighted by molar-refractivity contribution is -0.116. The summed E-state index contributed by atoms with van der Waals surface area (Å²) in [5.74, 6) is -0.359. The number of carbonyl (C=O) groups excluding carboxylic acids is 3. The number of nitrogens with zero attached hydrogens (tertiary/aromatic N) is 1. The molecule has 0 atom stereocenters. The van der Waals surface area contributed by atoms with Gasteiger partial charge in [-0.2, -0.15) is 0 Å². The summed E-state index contributed by atoms with van der Waals surface area (Å²) in [6.45, 7) is 4.50. The highest BCUT2D eigenvalue weighted by atomic mass is 16.2. The van der Waals surface area contributed by atoms with Crippen LogP contribution in [0.25, 0.3) is 0 Å². The van der Waals surface area contributed by atoms with Crippen LogP contribution in [0.5, 0.6) is 0 Å². The van der Waals surface area contributed by atoms with Gasteiger partial charge in [0, 0.05) is 41.3 Å². The highest BCUT2D eigenvalue weighted by molar-refractivity contribution is 6.06. The fourth-order valence-electron chi connectivity index (χ4n) is 3.45. The summed E-state index contributed by atoms with van der Waals surface area (Å²) in [5.41, 5.74) is 3.39. The minimum absolute atomic E-state index is 0.0552. The van der Waals surface area contributed by atoms with Crippen LogP contribution in [0.1, 0.15) is 37.0 Å². The van der Waals surface area contributed by atoms with Gasteiger partial charge < -0.3 is 20.9 Å². The molecule has 3 amide bonds. The number of hydrogen-bond acceptors (Lipinski definition) is 4. The molecule has 0 spiro atoms. The standard InChI is InChI=1S/C27H30N4O3/c1-3-9-25(32)29-22-10-8-11-23(18-22)30-26(33)19-28-21-16-14-20(15-17-21)27(34)31(4-2)24-12-6-5-7-13-24/h5-8,10-18,28H,3-4,9,19H2,1-2H3,(H,29,32)(H,30,33). The van der Waals surface area contributed by atoms with Crippen LogP contribution in [0.3, 0.4) is 0 Å². The fourth-order valence-corrected chi connectivity index (χ4v) is 3.45. The maximum atomic E-state index is 12.9. The number of hydrogen-bond donors (Lipinski definition) is 3. The lowest BCUT2D eigenvalue weighted by atomic mass is 10.1. The number of nitrogens with one attached hydrogen (secondary N) is 3. The molecule has 0 aliphatic heterocycles. The SMILES string of the molecule is CCCC(=O)Nc1cccc(NC(=O)CNc2ccc(C(=O)N(CC)c3ccccc3)cc2)c1. The second-order valence-electron chi connectivity index (χ2n) is 7.74. The van der Waals surface area contributed by atoms with Gasteiger partial charge in [-0.25, -0.2) is 0 Å². The Morgan fingerprint density at radius 3 is 2.00 bits per heavy atom. The van der Waals surface area contributed by atoms with Crippen LogP contribution in [0.2, 0.25) is 0 Å². The van der Waals surface area contributed by atoms with Crippen LogP contribution in [0, 0.1) is 0 Å². The highest BCUT2D eigenvalue weighted by Gasteiger charge is 2.15. The molecule has 0 heterocycles. The van der Waals surface area contributed by atoms with Gasteiger partial charge in [0.05, 0.1) is 6.54 Å². The Hall–Kier alpha value is -4.13. The van der Waals surface area contributed by atoms with E-state index in [1.807, 2.05) is 44.2 Å². The van der Waals surface area contributed by atoms with Crippen molar-refractivity contribution in [3.05, 3.63) is 84.4 Å². The molecule has 34 heavy (non-hydrogen) atoms. The van der Waals surface area contributed by atoms with Crippen molar-refractivity contribution in [3.63, 3.8) is 0 Å². The van der Waals surface area contributed by atoms with Crippen LogP contribution in [0.15, 0.2) is 78.9 Å². The van der Waals surface area contributed by atoms with Crippen molar-refractivity contribution < 1.29 is 14.4 Å². The van der Waals surface area contributed by atoms with Gasteiger partial charge in [0.15, 0.2) is 0 Å². The number of para-hydroxylation sites is 1. The monoisotopic (exact) mass is 458 g/mol. The van der Waals surface area contributed by atoms with Crippen LogP contribution >= 0.6 is 0 Å². The first-order valence-electron chi connectivity index (χ1n) is 11.4. The predicted molar refractivity (Wildman–Crippen MR) is 137 cm³/mol. The molecule has 176 valence electrons. The maximum absolute atomic E-state index is 12.9. The van der Waals surface area contributed by atoms with Crippen LogP contribution in [-0.4, -0.2) is 30.8 Å². The number of rotatable bonds is 10. The molecule has 3 rings (SSSR count). The van der Waals surface area contributed by atoms with Gasteiger partial charge in [0.25, 0.3) is 5.91 Å². The van der Waals surface area contributed by atoms with Crippen molar-refractivity contribution in [2.45, 2.75) is 26.7 Å². The Morgan fingerprint density at radius 2 is 1.38 bits per heavy atom. The number of amides is 3. The average Bonchev–Trinajstić information content (AvgIpc) is 2.84. The summed E-state index contributed by atoms with van der Waals surface area (Å²) < 4.78 is 0. The van der Waals surface area contributed by atoms with Crippen LogP contribution in [-0.2, 0) is 9.59 Å². The van der Waals surface area contributed by atoms with Gasteiger partial charge in [-0.3, -0.25) is 14.4 Å². The first-order chi connectivity index (χ1) is 16.5. The zero-order valence-corrected chi connectivity index (χ0v) is 19.5. The molecule has 3 aromatic carbocycles. The van der Waals surface area contributed by atoms with Gasteiger partial charge in [-0.05, 0) is 67.9 Å². The molecular weight excluding hydrogens is 428 g/mol. The molecule has 0 aliphatic carbocycles. The third-order valence-electron chi connectivity index (χ3n) is 5.12. The zero-order chi connectivity index (χ0) is 24.3. The average molecular weight is 459 g/mol. The Balaban J connectivity index is 1.54. The van der Waals surface area contributed by atoms with E-state index < -0.39 is 0 Å². The van der Waals surface area contributed by atoms with Gasteiger partial charge in [0.1, 0.15) is 0 Å². The summed E-state index contributed by atoms with van der Waals surface area (Å²) in [6.07, 6.45) is 1.22. The van der Waals surface area contributed by atoms with Gasteiger partial charge >= 0.3 is 0 Å². The van der Waals surface area contributed by atoms with E-state index in [0.29, 0.717) is 29.9 Å². The van der Waals surface area contributed by atoms with E-state index in [-0.39, 0.29) is 24.3 Å². The fraction of sp³-hybridized carbons (Fsp3) is 0.222. The topological polar surface area (TPSA) is 90.5 Å². The quantitative estimate of drug-likeness (QED) is 0.392. The number of anilines is 4. The lowest BCUT2D eigenvalue weighted by Crippen LogP contribution is -2.30. The van der Waals surface area contributed by atoms with Crippen molar-refractivity contribution in [1.29, 1.82) is 0 Å². The first-order valence-corrected chi connectivity index (χ1v) is 11.4. The molecule has 0 aliphatic rings. The number of benzene rings is 3. The smallest absolute Gasteiger partial charge is 0.258 e. The largest absolute Gasteiger partial charge is 0.376 e. The van der Waals surface area contributed by atoms with E-state index in [1.165, 1.54) is 0 Å². The summed E-state index contributed by atoms with van der Waals surface area (Å²) in [4.78, 5) is 38.7. The third kappa shape index (κ3) is 6.93. The molecule has 7 nitrogen and oxygen atoms in total. The number of carbonyl (C=O) groups is 3. The lowest BCUT2D eigenvalue weighted by Gasteiger charge is -2.21. The molecule has 7 heteroatoms. The van der Waals surface area contributed by atoms with E-state index in [1.54, 1.807) is 53.4 Å². The van der Waals surface area contributed by atoms with E-state index in [4.69, 9.17) is 0 Å². The third-order valence-corrected chi connectivity index (χ3v) is 5.12.